The van der Waals surface area contributed by atoms with Crippen LogP contribution in [-0.4, -0.2) is 54.0 Å². The number of amides is 1. The number of hydrogen-bond donors (Lipinski definition) is 3. The van der Waals surface area contributed by atoms with Crippen molar-refractivity contribution in [3.05, 3.63) is 83.8 Å². The molecule has 4 atom stereocenters. The molecule has 206 valence electrons. The Morgan fingerprint density at radius 3 is 2.72 bits per heavy atom. The second kappa shape index (κ2) is 11.3. The molecule has 9 heteroatoms. The fourth-order valence-corrected chi connectivity index (χ4v) is 5.99. The lowest BCUT2D eigenvalue weighted by Gasteiger charge is -2.42. The minimum absolute atomic E-state index is 0.0876. The molecule has 2 aliphatic rings. The third-order valence-electron chi connectivity index (χ3n) is 7.81. The van der Waals surface area contributed by atoms with Gasteiger partial charge in [0.2, 0.25) is 5.91 Å². The van der Waals surface area contributed by atoms with Crippen LogP contribution in [-0.2, 0) is 16.8 Å². The Bertz CT molecular complexity index is 1330. The van der Waals surface area contributed by atoms with Crippen LogP contribution >= 0.6 is 0 Å². The van der Waals surface area contributed by atoms with Crippen LogP contribution in [0.25, 0.3) is 11.1 Å². The summed E-state index contributed by atoms with van der Waals surface area (Å²) in [4.78, 5) is 12.0. The smallest absolute Gasteiger partial charge is 0.217 e. The minimum atomic E-state index is -1.00. The number of nitrogens with one attached hydrogen (secondary N) is 2. The topological polar surface area (TPSA) is 90.1 Å². The molecule has 0 bridgehead atoms. The second-order valence-electron chi connectivity index (χ2n) is 10.7. The molecule has 0 spiro atoms. The molecule has 7 nitrogen and oxygen atoms in total. The fraction of sp³-hybridized carbons (Fsp3) is 0.400. The molecule has 1 aliphatic heterocycles. The Kier molecular flexibility index (Phi) is 7.81. The van der Waals surface area contributed by atoms with E-state index in [2.05, 4.69) is 22.8 Å². The van der Waals surface area contributed by atoms with Crippen LogP contribution in [0.3, 0.4) is 0 Å². The summed E-state index contributed by atoms with van der Waals surface area (Å²) >= 11 is 0. The van der Waals surface area contributed by atoms with Crippen molar-refractivity contribution in [1.82, 2.24) is 15.6 Å². The summed E-state index contributed by atoms with van der Waals surface area (Å²) < 4.78 is 32.9. The number of halogens is 2. The Morgan fingerprint density at radius 2 is 2.00 bits per heavy atom. The predicted molar refractivity (Wildman–Crippen MR) is 145 cm³/mol. The van der Waals surface area contributed by atoms with Crippen molar-refractivity contribution in [2.24, 2.45) is 11.0 Å². The molecular weight excluding hydrogens is 502 g/mol. The van der Waals surface area contributed by atoms with Crippen molar-refractivity contribution >= 4 is 11.6 Å². The van der Waals surface area contributed by atoms with Crippen LogP contribution in [0.1, 0.15) is 37.3 Å². The summed E-state index contributed by atoms with van der Waals surface area (Å²) in [6.07, 6.45) is 4.87. The maximum atomic E-state index is 13.8. The van der Waals surface area contributed by atoms with Crippen molar-refractivity contribution in [3.63, 3.8) is 0 Å². The van der Waals surface area contributed by atoms with E-state index >= 15 is 0 Å². The lowest BCUT2D eigenvalue weighted by atomic mass is 9.70. The highest BCUT2D eigenvalue weighted by atomic mass is 19.1. The highest BCUT2D eigenvalue weighted by Crippen LogP contribution is 2.42. The van der Waals surface area contributed by atoms with Crippen LogP contribution in [0.2, 0.25) is 0 Å². The van der Waals surface area contributed by atoms with Gasteiger partial charge in [0.05, 0.1) is 24.7 Å². The number of furan rings is 1. The number of nitrogens with zero attached hydrogens (tertiary/aromatic N) is 2. The van der Waals surface area contributed by atoms with E-state index in [-0.39, 0.29) is 24.8 Å². The van der Waals surface area contributed by atoms with Gasteiger partial charge in [0.1, 0.15) is 11.6 Å². The average molecular weight is 537 g/mol. The van der Waals surface area contributed by atoms with Crippen molar-refractivity contribution in [2.75, 3.05) is 20.1 Å². The van der Waals surface area contributed by atoms with Gasteiger partial charge in [-0.05, 0) is 66.6 Å². The minimum Gasteiger partial charge on any atom is -0.472 e. The van der Waals surface area contributed by atoms with Crippen LogP contribution in [0.15, 0.2) is 70.6 Å². The fourth-order valence-electron chi connectivity index (χ4n) is 5.99. The maximum absolute atomic E-state index is 13.8. The number of aliphatic hydroxyl groups is 1. The van der Waals surface area contributed by atoms with Gasteiger partial charge in [-0.3, -0.25) is 9.80 Å². The quantitative estimate of drug-likeness (QED) is 0.381. The highest BCUT2D eigenvalue weighted by Gasteiger charge is 2.43. The molecular formula is C30H34F2N4O3. The van der Waals surface area contributed by atoms with Crippen molar-refractivity contribution in [2.45, 2.75) is 50.3 Å². The molecule has 39 heavy (non-hydrogen) atoms. The van der Waals surface area contributed by atoms with E-state index in [0.29, 0.717) is 5.56 Å². The van der Waals surface area contributed by atoms with Crippen LogP contribution in [0.5, 0.6) is 0 Å². The molecule has 2 heterocycles. The molecule has 1 aliphatic carbocycles. The lowest BCUT2D eigenvalue weighted by Crippen LogP contribution is -2.54. The molecule has 1 amide bonds. The van der Waals surface area contributed by atoms with E-state index < -0.39 is 29.3 Å². The van der Waals surface area contributed by atoms with Crippen molar-refractivity contribution < 1.29 is 23.1 Å². The molecule has 2 aromatic carbocycles. The monoisotopic (exact) mass is 536 g/mol. The summed E-state index contributed by atoms with van der Waals surface area (Å²) in [5.74, 6) is -1.44. The van der Waals surface area contributed by atoms with Crippen molar-refractivity contribution in [3.8, 4) is 11.1 Å². The van der Waals surface area contributed by atoms with E-state index in [4.69, 9.17) is 9.52 Å². The number of benzene rings is 2. The van der Waals surface area contributed by atoms with Gasteiger partial charge in [0, 0.05) is 55.9 Å². The molecule has 0 saturated heterocycles. The highest BCUT2D eigenvalue weighted by molar-refractivity contribution is 5.89. The largest absolute Gasteiger partial charge is 0.472 e. The normalized spacial score (nSPS) is 22.2. The van der Waals surface area contributed by atoms with Crippen molar-refractivity contribution in [1.29, 1.82) is 0 Å². The van der Waals surface area contributed by atoms with Crippen LogP contribution in [0.4, 0.5) is 8.78 Å². The summed E-state index contributed by atoms with van der Waals surface area (Å²) in [6.45, 7) is 2.37. The van der Waals surface area contributed by atoms with Gasteiger partial charge in [0.25, 0.3) is 0 Å². The number of carbonyl (C=O) groups is 1. The van der Waals surface area contributed by atoms with Gasteiger partial charge in [-0.1, -0.05) is 18.2 Å². The predicted octanol–water partition coefficient (Wildman–Crippen LogP) is 4.22. The SMILES string of the molecule is CC(=O)NC(Cc1cc(F)cc(F)c1)C(O)CNC1(c2cccc(-c3ccoc3)c2)CCC2=NN(C)CC2C1. The van der Waals surface area contributed by atoms with Gasteiger partial charge in [-0.2, -0.15) is 5.10 Å². The third-order valence-corrected chi connectivity index (χ3v) is 7.81. The first-order valence-corrected chi connectivity index (χ1v) is 13.3. The molecule has 0 radical (unpaired) electrons. The molecule has 3 N–H and O–H groups in total. The van der Waals surface area contributed by atoms with Gasteiger partial charge in [-0.25, -0.2) is 8.78 Å². The number of fused-ring (bicyclic) bond motifs is 1. The maximum Gasteiger partial charge on any atom is 0.217 e. The van der Waals surface area contributed by atoms with E-state index in [0.717, 1.165) is 48.6 Å². The number of hydrogen-bond acceptors (Lipinski definition) is 6. The lowest BCUT2D eigenvalue weighted by molar-refractivity contribution is -0.120. The summed E-state index contributed by atoms with van der Waals surface area (Å²) in [5.41, 5.74) is 4.24. The van der Waals surface area contributed by atoms with Crippen LogP contribution in [0, 0.1) is 17.6 Å². The van der Waals surface area contributed by atoms with E-state index in [1.807, 2.05) is 30.3 Å². The summed E-state index contributed by atoms with van der Waals surface area (Å²) in [6, 6.07) is 12.8. The Morgan fingerprint density at radius 1 is 1.21 bits per heavy atom. The number of rotatable bonds is 9. The van der Waals surface area contributed by atoms with E-state index in [9.17, 15) is 18.7 Å². The van der Waals surface area contributed by atoms with Crippen LogP contribution < -0.4 is 10.6 Å². The molecule has 1 aromatic heterocycles. The summed E-state index contributed by atoms with van der Waals surface area (Å²) in [5, 5.41) is 24.4. The summed E-state index contributed by atoms with van der Waals surface area (Å²) in [7, 11) is 1.98. The molecule has 5 rings (SSSR count). The van der Waals surface area contributed by atoms with Gasteiger partial charge in [0.15, 0.2) is 0 Å². The van der Waals surface area contributed by atoms with E-state index in [1.165, 1.54) is 24.8 Å². The second-order valence-corrected chi connectivity index (χ2v) is 10.7. The zero-order valence-corrected chi connectivity index (χ0v) is 22.2. The van der Waals surface area contributed by atoms with Gasteiger partial charge >= 0.3 is 0 Å². The first-order valence-electron chi connectivity index (χ1n) is 13.3. The standard InChI is InChI=1S/C30H34F2N4O3/c1-19(37)34-28(12-20-10-25(31)14-26(32)11-20)29(38)16-33-30(8-6-27-23(15-30)17-36(2)35-27)24-5-3-4-21(13-24)22-7-9-39-18-22/h3-5,7,9-11,13-14,18,23,28-29,33,38H,6,8,12,15-17H2,1-2H3,(H,34,37). The number of aliphatic hydroxyl groups excluding tert-OH is 1. The first-order chi connectivity index (χ1) is 18.7. The van der Waals surface area contributed by atoms with Gasteiger partial charge < -0.3 is 20.2 Å². The molecule has 1 saturated carbocycles. The molecule has 1 fully saturated rings. The molecule has 3 aromatic rings. The number of carbonyl (C=O) groups excluding carboxylic acids is 1. The Labute approximate surface area is 226 Å². The Balaban J connectivity index is 1.40. The van der Waals surface area contributed by atoms with E-state index in [1.54, 1.807) is 12.5 Å². The zero-order valence-electron chi connectivity index (χ0n) is 22.2. The van der Waals surface area contributed by atoms with Gasteiger partial charge in [-0.15, -0.1) is 0 Å². The molecule has 4 unspecified atom stereocenters. The Hall–Kier alpha value is -3.56. The zero-order chi connectivity index (χ0) is 27.6. The third kappa shape index (κ3) is 6.20. The first kappa shape index (κ1) is 27.0. The average Bonchev–Trinajstić information content (AvgIpc) is 3.55. The number of hydrazone groups is 1.